The second-order valence-corrected chi connectivity index (χ2v) is 5.37. The first-order valence-electron chi connectivity index (χ1n) is 6.14. The van der Waals surface area contributed by atoms with Crippen molar-refractivity contribution in [3.8, 4) is 16.9 Å². The first-order chi connectivity index (χ1) is 9.69. The molecule has 0 amide bonds. The van der Waals surface area contributed by atoms with Crippen LogP contribution in [0.1, 0.15) is 0 Å². The van der Waals surface area contributed by atoms with Crippen LogP contribution in [-0.2, 0) is 0 Å². The maximum absolute atomic E-state index is 12.6. The second kappa shape index (κ2) is 5.13. The highest BCUT2D eigenvalue weighted by Crippen LogP contribution is 2.23. The maximum Gasteiger partial charge on any atom is 0.197 e. The molecule has 0 spiro atoms. The van der Waals surface area contributed by atoms with Crippen molar-refractivity contribution in [2.75, 3.05) is 7.11 Å². The van der Waals surface area contributed by atoms with E-state index in [-0.39, 0.29) is 5.43 Å². The second-order valence-electron chi connectivity index (χ2n) is 4.45. The molecule has 0 saturated carbocycles. The zero-order chi connectivity index (χ0) is 14.1. The van der Waals surface area contributed by atoms with Crippen molar-refractivity contribution in [3.05, 3.63) is 63.4 Å². The van der Waals surface area contributed by atoms with Gasteiger partial charge in [-0.1, -0.05) is 28.1 Å². The van der Waals surface area contributed by atoms with Crippen LogP contribution in [0, 0.1) is 0 Å². The van der Waals surface area contributed by atoms with Crippen molar-refractivity contribution in [2.24, 2.45) is 0 Å². The zero-order valence-electron chi connectivity index (χ0n) is 10.8. The number of pyridine rings is 1. The van der Waals surface area contributed by atoms with Crippen LogP contribution < -0.4 is 10.2 Å². The third kappa shape index (κ3) is 2.23. The van der Waals surface area contributed by atoms with E-state index in [1.54, 1.807) is 13.3 Å². The van der Waals surface area contributed by atoms with Crippen molar-refractivity contribution in [1.29, 1.82) is 0 Å². The van der Waals surface area contributed by atoms with E-state index < -0.39 is 0 Å². The van der Waals surface area contributed by atoms with Crippen molar-refractivity contribution < 1.29 is 4.74 Å². The number of hydrogen-bond acceptors (Lipinski definition) is 2. The molecule has 3 rings (SSSR count). The summed E-state index contributed by atoms with van der Waals surface area (Å²) in [5.41, 5.74) is 2.31. The summed E-state index contributed by atoms with van der Waals surface area (Å²) in [5, 5.41) is 0.666. The highest BCUT2D eigenvalue weighted by atomic mass is 79.9. The lowest BCUT2D eigenvalue weighted by molar-refractivity contribution is 0.415. The van der Waals surface area contributed by atoms with Gasteiger partial charge in [-0.25, -0.2) is 0 Å². The Morgan fingerprint density at radius 3 is 2.80 bits per heavy atom. The average molecular weight is 330 g/mol. The SMILES string of the molecule is COc1cccc(-c2c[nH]c3ccc(Br)cc3c2=O)c1. The number of aromatic amines is 1. The summed E-state index contributed by atoms with van der Waals surface area (Å²) in [5.74, 6) is 0.733. The van der Waals surface area contributed by atoms with Crippen molar-refractivity contribution in [3.63, 3.8) is 0 Å². The van der Waals surface area contributed by atoms with E-state index in [0.29, 0.717) is 10.9 Å². The van der Waals surface area contributed by atoms with Gasteiger partial charge >= 0.3 is 0 Å². The molecule has 3 nitrogen and oxygen atoms in total. The van der Waals surface area contributed by atoms with Gasteiger partial charge in [0.25, 0.3) is 0 Å². The van der Waals surface area contributed by atoms with Gasteiger partial charge in [-0.05, 0) is 35.9 Å². The van der Waals surface area contributed by atoms with E-state index in [4.69, 9.17) is 4.74 Å². The van der Waals surface area contributed by atoms with Crippen LogP contribution in [0.4, 0.5) is 0 Å². The molecule has 2 aromatic carbocycles. The smallest absolute Gasteiger partial charge is 0.197 e. The molecule has 1 aromatic heterocycles. The summed E-state index contributed by atoms with van der Waals surface area (Å²) in [6.07, 6.45) is 1.74. The van der Waals surface area contributed by atoms with Crippen LogP contribution in [0.2, 0.25) is 0 Å². The third-order valence-corrected chi connectivity index (χ3v) is 3.72. The minimum atomic E-state index is 0.00769. The first-order valence-corrected chi connectivity index (χ1v) is 6.94. The Balaban J connectivity index is 2.26. The third-order valence-electron chi connectivity index (χ3n) is 3.22. The largest absolute Gasteiger partial charge is 0.497 e. The fourth-order valence-electron chi connectivity index (χ4n) is 2.20. The number of methoxy groups -OCH3 is 1. The lowest BCUT2D eigenvalue weighted by Gasteiger charge is -2.06. The molecule has 0 aliphatic rings. The summed E-state index contributed by atoms with van der Waals surface area (Å²) in [7, 11) is 1.61. The fourth-order valence-corrected chi connectivity index (χ4v) is 2.56. The van der Waals surface area contributed by atoms with Crippen molar-refractivity contribution in [2.45, 2.75) is 0 Å². The number of H-pyrrole nitrogens is 1. The lowest BCUT2D eigenvalue weighted by atomic mass is 10.0. The summed E-state index contributed by atoms with van der Waals surface area (Å²) in [6.45, 7) is 0. The van der Waals surface area contributed by atoms with Gasteiger partial charge in [-0.15, -0.1) is 0 Å². The number of benzene rings is 2. The fraction of sp³-hybridized carbons (Fsp3) is 0.0625. The summed E-state index contributed by atoms with van der Waals surface area (Å²) in [6, 6.07) is 13.1. The molecule has 1 heterocycles. The minimum Gasteiger partial charge on any atom is -0.497 e. The van der Waals surface area contributed by atoms with Crippen LogP contribution in [0.25, 0.3) is 22.0 Å². The molecule has 0 atom stereocenters. The predicted molar refractivity (Wildman–Crippen MR) is 84.3 cm³/mol. The van der Waals surface area contributed by atoms with Gasteiger partial charge in [-0.2, -0.15) is 0 Å². The Labute approximate surface area is 124 Å². The molecule has 100 valence electrons. The summed E-state index contributed by atoms with van der Waals surface area (Å²) >= 11 is 3.40. The molecule has 0 aliphatic heterocycles. The lowest BCUT2D eigenvalue weighted by Crippen LogP contribution is -2.06. The number of ether oxygens (including phenoxy) is 1. The Bertz CT molecular complexity index is 839. The van der Waals surface area contributed by atoms with Gasteiger partial charge in [0.15, 0.2) is 5.43 Å². The first kappa shape index (κ1) is 12.9. The molecule has 0 bridgehead atoms. The Hall–Kier alpha value is -2.07. The minimum absolute atomic E-state index is 0.00769. The molecule has 0 radical (unpaired) electrons. The van der Waals surface area contributed by atoms with E-state index in [9.17, 15) is 4.79 Å². The van der Waals surface area contributed by atoms with E-state index in [1.165, 1.54) is 0 Å². The molecular weight excluding hydrogens is 318 g/mol. The summed E-state index contributed by atoms with van der Waals surface area (Å²) in [4.78, 5) is 15.8. The van der Waals surface area contributed by atoms with Gasteiger partial charge in [0.1, 0.15) is 5.75 Å². The monoisotopic (exact) mass is 329 g/mol. The number of hydrogen-bond donors (Lipinski definition) is 1. The number of halogens is 1. The quantitative estimate of drug-likeness (QED) is 0.773. The van der Waals surface area contributed by atoms with Crippen LogP contribution in [0.3, 0.4) is 0 Å². The van der Waals surface area contributed by atoms with Gasteiger partial charge in [-0.3, -0.25) is 4.79 Å². The standard InChI is InChI=1S/C16H12BrNO2/c1-20-12-4-2-3-10(7-12)14-9-18-15-6-5-11(17)8-13(15)16(14)19/h2-9H,1H3,(H,18,19). The highest BCUT2D eigenvalue weighted by Gasteiger charge is 2.08. The van der Waals surface area contributed by atoms with E-state index in [2.05, 4.69) is 20.9 Å². The topological polar surface area (TPSA) is 42.1 Å². The average Bonchev–Trinajstić information content (AvgIpc) is 2.48. The summed E-state index contributed by atoms with van der Waals surface area (Å²) < 4.78 is 6.09. The molecule has 0 saturated heterocycles. The Morgan fingerprint density at radius 2 is 2.00 bits per heavy atom. The number of fused-ring (bicyclic) bond motifs is 1. The van der Waals surface area contributed by atoms with Gasteiger partial charge in [0.2, 0.25) is 0 Å². The zero-order valence-corrected chi connectivity index (χ0v) is 12.4. The maximum atomic E-state index is 12.6. The van der Waals surface area contributed by atoms with Crippen LogP contribution >= 0.6 is 15.9 Å². The number of nitrogens with one attached hydrogen (secondary N) is 1. The van der Waals surface area contributed by atoms with E-state index in [1.807, 2.05) is 42.5 Å². The molecule has 20 heavy (non-hydrogen) atoms. The normalized spacial score (nSPS) is 10.7. The number of aromatic nitrogens is 1. The van der Waals surface area contributed by atoms with Crippen molar-refractivity contribution >= 4 is 26.8 Å². The molecule has 0 fully saturated rings. The molecular formula is C16H12BrNO2. The molecule has 4 heteroatoms. The van der Waals surface area contributed by atoms with Crippen LogP contribution in [0.15, 0.2) is 57.9 Å². The van der Waals surface area contributed by atoms with E-state index in [0.717, 1.165) is 21.3 Å². The van der Waals surface area contributed by atoms with E-state index >= 15 is 0 Å². The Morgan fingerprint density at radius 1 is 1.15 bits per heavy atom. The van der Waals surface area contributed by atoms with Gasteiger partial charge in [0, 0.05) is 27.1 Å². The van der Waals surface area contributed by atoms with Crippen LogP contribution in [0.5, 0.6) is 5.75 Å². The predicted octanol–water partition coefficient (Wildman–Crippen LogP) is 3.97. The molecule has 0 unspecified atom stereocenters. The van der Waals surface area contributed by atoms with Gasteiger partial charge < -0.3 is 9.72 Å². The number of rotatable bonds is 2. The molecule has 3 aromatic rings. The van der Waals surface area contributed by atoms with Crippen LogP contribution in [-0.4, -0.2) is 12.1 Å². The Kier molecular flexibility index (Phi) is 3.32. The van der Waals surface area contributed by atoms with Gasteiger partial charge in [0.05, 0.1) is 7.11 Å². The highest BCUT2D eigenvalue weighted by molar-refractivity contribution is 9.10. The van der Waals surface area contributed by atoms with Crippen molar-refractivity contribution in [1.82, 2.24) is 4.98 Å². The molecule has 1 N–H and O–H groups in total. The molecule has 0 aliphatic carbocycles.